The number of rotatable bonds is 8. The average molecular weight is 387 g/mol. The highest BCUT2D eigenvalue weighted by Crippen LogP contribution is 2.46. The minimum absolute atomic E-state index is 0.0187. The second kappa shape index (κ2) is 9.41. The van der Waals surface area contributed by atoms with Crippen LogP contribution in [0.25, 0.3) is 0 Å². The van der Waals surface area contributed by atoms with Gasteiger partial charge in [-0.05, 0) is 74.0 Å². The number of ether oxygens (including phenoxy) is 3. The quantitative estimate of drug-likeness (QED) is 0.607. The van der Waals surface area contributed by atoms with Gasteiger partial charge in [-0.25, -0.2) is 0 Å². The highest BCUT2D eigenvalue weighted by molar-refractivity contribution is 5.84. The van der Waals surface area contributed by atoms with E-state index in [1.807, 2.05) is 6.07 Å². The fourth-order valence-corrected chi connectivity index (χ4v) is 5.48. The zero-order chi connectivity index (χ0) is 19.3. The van der Waals surface area contributed by atoms with Crippen LogP contribution in [0.15, 0.2) is 18.2 Å². The van der Waals surface area contributed by atoms with E-state index in [0.29, 0.717) is 17.6 Å². The Morgan fingerprint density at radius 2 is 2.04 bits per heavy atom. The van der Waals surface area contributed by atoms with Crippen LogP contribution in [0.5, 0.6) is 5.75 Å². The van der Waals surface area contributed by atoms with Crippen LogP contribution in [0, 0.1) is 17.8 Å². The van der Waals surface area contributed by atoms with Gasteiger partial charge in [-0.3, -0.25) is 4.79 Å². The molecule has 4 nitrogen and oxygen atoms in total. The van der Waals surface area contributed by atoms with Crippen LogP contribution in [-0.2, 0) is 27.1 Å². The second-order valence-electron chi connectivity index (χ2n) is 8.72. The molecule has 3 aliphatic rings. The van der Waals surface area contributed by atoms with Crippen LogP contribution in [-0.4, -0.2) is 32.4 Å². The predicted molar refractivity (Wildman–Crippen MR) is 109 cm³/mol. The van der Waals surface area contributed by atoms with Gasteiger partial charge in [0.25, 0.3) is 0 Å². The van der Waals surface area contributed by atoms with Gasteiger partial charge >= 0.3 is 0 Å². The number of benzene rings is 1. The monoisotopic (exact) mass is 386 g/mol. The maximum Gasteiger partial charge on any atom is 0.157 e. The summed E-state index contributed by atoms with van der Waals surface area (Å²) in [5.74, 6) is 2.78. The summed E-state index contributed by atoms with van der Waals surface area (Å²) in [4.78, 5) is 12.7. The number of hydrogen-bond acceptors (Lipinski definition) is 4. The van der Waals surface area contributed by atoms with Crippen molar-refractivity contribution in [2.45, 2.75) is 70.5 Å². The van der Waals surface area contributed by atoms with Crippen LogP contribution >= 0.6 is 0 Å². The molecular weight excluding hydrogens is 352 g/mol. The smallest absolute Gasteiger partial charge is 0.157 e. The maximum atomic E-state index is 12.7. The lowest BCUT2D eigenvalue weighted by Crippen LogP contribution is -2.26. The average Bonchev–Trinajstić information content (AvgIpc) is 3.03. The molecule has 0 N–H and O–H groups in total. The van der Waals surface area contributed by atoms with E-state index in [4.69, 9.17) is 14.2 Å². The van der Waals surface area contributed by atoms with Crippen molar-refractivity contribution in [3.8, 4) is 5.75 Å². The summed E-state index contributed by atoms with van der Waals surface area (Å²) >= 11 is 0. The van der Waals surface area contributed by atoms with Crippen molar-refractivity contribution in [2.75, 3.05) is 20.3 Å². The van der Waals surface area contributed by atoms with Crippen molar-refractivity contribution in [2.24, 2.45) is 17.8 Å². The van der Waals surface area contributed by atoms with Gasteiger partial charge in [0, 0.05) is 25.6 Å². The van der Waals surface area contributed by atoms with Gasteiger partial charge in [0.05, 0.1) is 7.11 Å². The molecular formula is C24H34O4. The number of hydrogen-bond donors (Lipinski definition) is 0. The molecule has 28 heavy (non-hydrogen) atoms. The third-order valence-electron chi connectivity index (χ3n) is 6.97. The molecule has 4 rings (SSSR count). The maximum absolute atomic E-state index is 12.7. The molecule has 1 aromatic carbocycles. The zero-order valence-electron chi connectivity index (χ0n) is 17.2. The predicted octanol–water partition coefficient (Wildman–Crippen LogP) is 4.72. The summed E-state index contributed by atoms with van der Waals surface area (Å²) in [5, 5.41) is 0. The van der Waals surface area contributed by atoms with Crippen molar-refractivity contribution in [1.29, 1.82) is 0 Å². The number of ketones is 1. The number of fused-ring (bicyclic) bond motifs is 2. The van der Waals surface area contributed by atoms with Crippen molar-refractivity contribution >= 4 is 5.78 Å². The van der Waals surface area contributed by atoms with E-state index in [1.54, 1.807) is 7.11 Å². The first-order chi connectivity index (χ1) is 13.8. The Labute approximate surface area is 168 Å². The Morgan fingerprint density at radius 1 is 1.11 bits per heavy atom. The lowest BCUT2D eigenvalue weighted by molar-refractivity contribution is -0.162. The van der Waals surface area contributed by atoms with Gasteiger partial charge in [-0.1, -0.05) is 25.0 Å². The van der Waals surface area contributed by atoms with E-state index < -0.39 is 0 Å². The number of Topliss-reactive ketones (excluding diaryl/α,β-unsaturated/α-hetero) is 1. The molecule has 1 saturated carbocycles. The van der Waals surface area contributed by atoms with E-state index in [0.717, 1.165) is 76.8 Å². The molecule has 1 aromatic rings. The normalized spacial score (nSPS) is 29.4. The van der Waals surface area contributed by atoms with Crippen molar-refractivity contribution in [1.82, 2.24) is 0 Å². The fourth-order valence-electron chi connectivity index (χ4n) is 5.48. The molecule has 0 aromatic heterocycles. The zero-order valence-corrected chi connectivity index (χ0v) is 17.2. The number of unbranched alkanes of at least 4 members (excludes halogenated alkanes) is 2. The van der Waals surface area contributed by atoms with E-state index in [1.165, 1.54) is 17.5 Å². The molecule has 2 fully saturated rings. The fraction of sp³-hybridized carbons (Fsp3) is 0.708. The van der Waals surface area contributed by atoms with Crippen molar-refractivity contribution in [3.05, 3.63) is 29.3 Å². The summed E-state index contributed by atoms with van der Waals surface area (Å²) in [5.41, 5.74) is 2.72. The van der Waals surface area contributed by atoms with Crippen LogP contribution in [0.1, 0.15) is 62.5 Å². The third-order valence-corrected chi connectivity index (χ3v) is 6.97. The van der Waals surface area contributed by atoms with E-state index in [2.05, 4.69) is 12.1 Å². The van der Waals surface area contributed by atoms with E-state index in [-0.39, 0.29) is 12.2 Å². The number of carbonyl (C=O) groups is 1. The Kier molecular flexibility index (Phi) is 6.69. The summed E-state index contributed by atoms with van der Waals surface area (Å²) in [6.45, 7) is 1.62. The first kappa shape index (κ1) is 19.9. The minimum atomic E-state index is 0.0187. The standard InChI is InChI=1S/C24H34O4/c1-26-23-10-7-8-17-14-20-18(15-21(17)23)16-22(25)19(20)9-3-2-5-12-27-24-11-4-6-13-28-24/h7-8,10,18-20,24H,2-6,9,11-16H2,1H3/t18?,19?,20-,24?/m0/s1. The van der Waals surface area contributed by atoms with Gasteiger partial charge in [0.2, 0.25) is 0 Å². The topological polar surface area (TPSA) is 44.8 Å². The van der Waals surface area contributed by atoms with Gasteiger partial charge in [0.15, 0.2) is 6.29 Å². The van der Waals surface area contributed by atoms with Crippen LogP contribution < -0.4 is 4.74 Å². The van der Waals surface area contributed by atoms with E-state index in [9.17, 15) is 4.79 Å². The minimum Gasteiger partial charge on any atom is -0.496 e. The van der Waals surface area contributed by atoms with Gasteiger partial charge in [-0.15, -0.1) is 0 Å². The Morgan fingerprint density at radius 3 is 2.86 bits per heavy atom. The molecule has 0 radical (unpaired) electrons. The van der Waals surface area contributed by atoms with Gasteiger partial charge in [0.1, 0.15) is 11.5 Å². The lowest BCUT2D eigenvalue weighted by Gasteiger charge is -2.31. The summed E-state index contributed by atoms with van der Waals surface area (Å²) in [6, 6.07) is 6.35. The Hall–Kier alpha value is -1.39. The molecule has 4 atom stereocenters. The molecule has 0 amide bonds. The van der Waals surface area contributed by atoms with Crippen LogP contribution in [0.2, 0.25) is 0 Å². The lowest BCUT2D eigenvalue weighted by atomic mass is 9.73. The molecule has 1 heterocycles. The summed E-state index contributed by atoms with van der Waals surface area (Å²) < 4.78 is 17.0. The molecule has 3 unspecified atom stereocenters. The Balaban J connectivity index is 1.23. The van der Waals surface area contributed by atoms with Crippen molar-refractivity contribution in [3.63, 3.8) is 0 Å². The summed E-state index contributed by atoms with van der Waals surface area (Å²) in [6.07, 6.45) is 10.6. The first-order valence-electron chi connectivity index (χ1n) is 11.2. The van der Waals surface area contributed by atoms with Crippen LogP contribution in [0.3, 0.4) is 0 Å². The molecule has 2 aliphatic carbocycles. The molecule has 4 heteroatoms. The van der Waals surface area contributed by atoms with Gasteiger partial charge < -0.3 is 14.2 Å². The van der Waals surface area contributed by atoms with E-state index >= 15 is 0 Å². The first-order valence-corrected chi connectivity index (χ1v) is 11.2. The highest BCUT2D eigenvalue weighted by Gasteiger charge is 2.44. The summed E-state index contributed by atoms with van der Waals surface area (Å²) in [7, 11) is 1.74. The molecule has 1 saturated heterocycles. The highest BCUT2D eigenvalue weighted by atomic mass is 16.7. The Bertz CT molecular complexity index is 665. The van der Waals surface area contributed by atoms with Gasteiger partial charge in [-0.2, -0.15) is 0 Å². The SMILES string of the molecule is COc1cccc2c1CC1CC(=O)C(CCCCCOC3CCCCO3)[C@H]1C2. The second-order valence-corrected chi connectivity index (χ2v) is 8.72. The number of carbonyl (C=O) groups excluding carboxylic acids is 1. The van der Waals surface area contributed by atoms with Crippen LogP contribution in [0.4, 0.5) is 0 Å². The molecule has 0 bridgehead atoms. The van der Waals surface area contributed by atoms with Crippen molar-refractivity contribution < 1.29 is 19.0 Å². The molecule has 154 valence electrons. The largest absolute Gasteiger partial charge is 0.496 e. The molecule has 1 aliphatic heterocycles. The third kappa shape index (κ3) is 4.44. The number of methoxy groups -OCH3 is 1. The molecule has 0 spiro atoms.